The molecule has 20 heavy (non-hydrogen) atoms. The highest BCUT2D eigenvalue weighted by Gasteiger charge is 2.16. The van der Waals surface area contributed by atoms with Crippen LogP contribution >= 0.6 is 0 Å². The molecule has 0 fully saturated rings. The van der Waals surface area contributed by atoms with Crippen molar-refractivity contribution < 1.29 is 9.59 Å². The summed E-state index contributed by atoms with van der Waals surface area (Å²) < 4.78 is 0. The fraction of sp³-hybridized carbons (Fsp3) is 0.154. The molecule has 0 atom stereocenters. The Morgan fingerprint density at radius 2 is 1.95 bits per heavy atom. The van der Waals surface area contributed by atoms with Crippen LogP contribution in [0.5, 0.6) is 0 Å². The van der Waals surface area contributed by atoms with Crippen LogP contribution in [0.15, 0.2) is 30.5 Å². The minimum absolute atomic E-state index is 0.251. The van der Waals surface area contributed by atoms with E-state index in [1.807, 2.05) is 0 Å². The fourth-order valence-electron chi connectivity index (χ4n) is 1.78. The summed E-state index contributed by atoms with van der Waals surface area (Å²) >= 11 is 0. The highest BCUT2D eigenvalue weighted by Crippen LogP contribution is 2.12. The van der Waals surface area contributed by atoms with Crippen LogP contribution in [0, 0.1) is 0 Å². The van der Waals surface area contributed by atoms with Gasteiger partial charge in [-0.3, -0.25) is 14.7 Å². The summed E-state index contributed by atoms with van der Waals surface area (Å²) in [4.78, 5) is 24.6. The van der Waals surface area contributed by atoms with Gasteiger partial charge in [-0.25, -0.2) is 0 Å². The smallest absolute Gasteiger partial charge is 0.274 e. The lowest BCUT2D eigenvalue weighted by atomic mass is 10.1. The monoisotopic (exact) mass is 273 g/mol. The molecule has 0 unspecified atom stereocenters. The molecule has 1 heterocycles. The van der Waals surface area contributed by atoms with E-state index in [1.165, 1.54) is 11.1 Å². The Balaban J connectivity index is 2.08. The molecule has 7 heteroatoms. The van der Waals surface area contributed by atoms with Gasteiger partial charge in [0.2, 0.25) is 5.91 Å². The number of nitrogens with two attached hydrogens (primary N) is 2. The Hall–Kier alpha value is -2.83. The molecule has 0 saturated carbocycles. The van der Waals surface area contributed by atoms with Crippen molar-refractivity contribution in [3.05, 3.63) is 47.3 Å². The normalized spacial score (nSPS) is 10.2. The number of aromatic amines is 1. The predicted molar refractivity (Wildman–Crippen MR) is 73.8 cm³/mol. The number of primary amides is 1. The molecule has 5 N–H and O–H groups in total. The molecule has 7 nitrogen and oxygen atoms in total. The molecule has 104 valence electrons. The average Bonchev–Trinajstić information content (AvgIpc) is 2.84. The SMILES string of the molecule is CN(Cc1ccc(C(N)=O)cc1)C(=O)c1[nH]ncc1N. The largest absolute Gasteiger partial charge is 0.396 e. The third-order valence-corrected chi connectivity index (χ3v) is 2.89. The first-order valence-corrected chi connectivity index (χ1v) is 5.92. The first kappa shape index (κ1) is 13.6. The van der Waals surface area contributed by atoms with Gasteiger partial charge >= 0.3 is 0 Å². The summed E-state index contributed by atoms with van der Waals surface area (Å²) in [6.07, 6.45) is 1.39. The van der Waals surface area contributed by atoms with Crippen LogP contribution in [0.3, 0.4) is 0 Å². The third-order valence-electron chi connectivity index (χ3n) is 2.89. The number of amides is 2. The van der Waals surface area contributed by atoms with Crippen molar-refractivity contribution >= 4 is 17.5 Å². The number of aromatic nitrogens is 2. The molecule has 2 aromatic rings. The van der Waals surface area contributed by atoms with Crippen molar-refractivity contribution in [3.8, 4) is 0 Å². The Morgan fingerprint density at radius 1 is 1.30 bits per heavy atom. The number of carbonyl (C=O) groups excluding carboxylic acids is 2. The van der Waals surface area contributed by atoms with Crippen LogP contribution in [-0.2, 0) is 6.54 Å². The van der Waals surface area contributed by atoms with Crippen molar-refractivity contribution in [3.63, 3.8) is 0 Å². The molecule has 0 spiro atoms. The second-order valence-corrected chi connectivity index (χ2v) is 4.42. The molecule has 0 aliphatic rings. The summed E-state index contributed by atoms with van der Waals surface area (Å²) in [7, 11) is 1.66. The molecule has 1 aromatic carbocycles. The predicted octanol–water partition coefficient (Wildman–Crippen LogP) is 0.363. The molecule has 0 bridgehead atoms. The van der Waals surface area contributed by atoms with E-state index in [2.05, 4.69) is 10.2 Å². The van der Waals surface area contributed by atoms with Gasteiger partial charge in [0.1, 0.15) is 5.69 Å². The van der Waals surface area contributed by atoms with Crippen molar-refractivity contribution in [1.82, 2.24) is 15.1 Å². The zero-order valence-electron chi connectivity index (χ0n) is 11.0. The number of benzene rings is 1. The molecule has 2 rings (SSSR count). The van der Waals surface area contributed by atoms with Gasteiger partial charge in [-0.1, -0.05) is 12.1 Å². The maximum Gasteiger partial charge on any atom is 0.274 e. The number of hydrogen-bond donors (Lipinski definition) is 3. The van der Waals surface area contributed by atoms with E-state index in [-0.39, 0.29) is 11.6 Å². The topological polar surface area (TPSA) is 118 Å². The van der Waals surface area contributed by atoms with Crippen molar-refractivity contribution in [1.29, 1.82) is 0 Å². The summed E-state index contributed by atoms with van der Waals surface area (Å²) in [6, 6.07) is 6.75. The van der Waals surface area contributed by atoms with Crippen LogP contribution in [0.25, 0.3) is 0 Å². The number of rotatable bonds is 4. The maximum absolute atomic E-state index is 12.1. The molecule has 0 aliphatic carbocycles. The fourth-order valence-corrected chi connectivity index (χ4v) is 1.78. The highest BCUT2D eigenvalue weighted by atomic mass is 16.2. The standard InChI is InChI=1S/C13H15N5O2/c1-18(13(20)11-10(14)6-16-17-11)7-8-2-4-9(5-3-8)12(15)19/h2-6H,7,14H2,1H3,(H2,15,19)(H,16,17). The summed E-state index contributed by atoms with van der Waals surface area (Å²) in [5.74, 6) is -0.731. The summed E-state index contributed by atoms with van der Waals surface area (Å²) in [6.45, 7) is 0.385. The van der Waals surface area contributed by atoms with Gasteiger partial charge in [-0.05, 0) is 17.7 Å². The Bertz CT molecular complexity index is 632. The summed E-state index contributed by atoms with van der Waals surface area (Å²) in [5, 5.41) is 6.28. The molecule has 0 saturated heterocycles. The zero-order valence-corrected chi connectivity index (χ0v) is 11.0. The number of anilines is 1. The Kier molecular flexibility index (Phi) is 3.69. The number of H-pyrrole nitrogens is 1. The molecular weight excluding hydrogens is 258 g/mol. The lowest BCUT2D eigenvalue weighted by molar-refractivity contribution is 0.0780. The number of nitrogens with one attached hydrogen (secondary N) is 1. The second kappa shape index (κ2) is 5.43. The molecular formula is C13H15N5O2. The van der Waals surface area contributed by atoms with Gasteiger partial charge in [0.15, 0.2) is 0 Å². The van der Waals surface area contributed by atoms with E-state index < -0.39 is 5.91 Å². The molecule has 1 aromatic heterocycles. The third kappa shape index (κ3) is 2.77. The van der Waals surface area contributed by atoms with Crippen molar-refractivity contribution in [2.75, 3.05) is 12.8 Å². The van der Waals surface area contributed by atoms with Crippen LogP contribution < -0.4 is 11.5 Å². The maximum atomic E-state index is 12.1. The first-order chi connectivity index (χ1) is 9.49. The van der Waals surface area contributed by atoms with Gasteiger partial charge in [-0.2, -0.15) is 5.10 Å². The quantitative estimate of drug-likeness (QED) is 0.745. The number of nitrogens with zero attached hydrogens (tertiary/aromatic N) is 2. The van der Waals surface area contributed by atoms with Gasteiger partial charge in [-0.15, -0.1) is 0 Å². The number of nitrogen functional groups attached to an aromatic ring is 1. The van der Waals surface area contributed by atoms with E-state index in [4.69, 9.17) is 11.5 Å². The van der Waals surface area contributed by atoms with Gasteiger partial charge < -0.3 is 16.4 Å². The van der Waals surface area contributed by atoms with Crippen LogP contribution in [-0.4, -0.2) is 34.0 Å². The van der Waals surface area contributed by atoms with E-state index in [9.17, 15) is 9.59 Å². The first-order valence-electron chi connectivity index (χ1n) is 5.92. The van der Waals surface area contributed by atoms with E-state index >= 15 is 0 Å². The van der Waals surface area contributed by atoms with Crippen molar-refractivity contribution in [2.45, 2.75) is 6.54 Å². The van der Waals surface area contributed by atoms with E-state index in [0.29, 0.717) is 17.8 Å². The molecule has 2 amide bonds. The van der Waals surface area contributed by atoms with Gasteiger partial charge in [0.05, 0.1) is 11.9 Å². The molecule has 0 aliphatic heterocycles. The summed E-state index contributed by atoms with van der Waals surface area (Å²) in [5.41, 5.74) is 12.7. The average molecular weight is 273 g/mol. The minimum Gasteiger partial charge on any atom is -0.396 e. The van der Waals surface area contributed by atoms with Gasteiger partial charge in [0, 0.05) is 19.2 Å². The highest BCUT2D eigenvalue weighted by molar-refractivity contribution is 5.96. The van der Waals surface area contributed by atoms with Crippen LogP contribution in [0.1, 0.15) is 26.4 Å². The number of hydrogen-bond acceptors (Lipinski definition) is 4. The van der Waals surface area contributed by atoms with Gasteiger partial charge in [0.25, 0.3) is 5.91 Å². The minimum atomic E-state index is -0.480. The Morgan fingerprint density at radius 3 is 2.45 bits per heavy atom. The lowest BCUT2D eigenvalue weighted by Gasteiger charge is -2.16. The van der Waals surface area contributed by atoms with Crippen LogP contribution in [0.2, 0.25) is 0 Å². The lowest BCUT2D eigenvalue weighted by Crippen LogP contribution is -2.27. The Labute approximate surface area is 115 Å². The van der Waals surface area contributed by atoms with Crippen LogP contribution in [0.4, 0.5) is 5.69 Å². The van der Waals surface area contributed by atoms with E-state index in [0.717, 1.165) is 5.56 Å². The second-order valence-electron chi connectivity index (χ2n) is 4.42. The van der Waals surface area contributed by atoms with E-state index in [1.54, 1.807) is 31.3 Å². The molecule has 0 radical (unpaired) electrons. The zero-order chi connectivity index (χ0) is 14.7. The number of carbonyl (C=O) groups is 2. The van der Waals surface area contributed by atoms with Crippen molar-refractivity contribution in [2.24, 2.45) is 5.73 Å².